The molecule has 7 heteroatoms. The highest BCUT2D eigenvalue weighted by Crippen LogP contribution is 2.38. The van der Waals surface area contributed by atoms with Crippen molar-refractivity contribution in [1.82, 2.24) is 19.4 Å². The summed E-state index contributed by atoms with van der Waals surface area (Å²) in [7, 11) is 6.91. The Morgan fingerprint density at radius 1 is 1.21 bits per heavy atom. The van der Waals surface area contributed by atoms with Crippen molar-refractivity contribution in [2.24, 2.45) is 7.05 Å². The number of likely N-dealkylation sites (tertiary alicyclic amines) is 1. The van der Waals surface area contributed by atoms with E-state index in [9.17, 15) is 9.59 Å². The van der Waals surface area contributed by atoms with Crippen molar-refractivity contribution in [3.8, 4) is 17.0 Å². The van der Waals surface area contributed by atoms with E-state index in [4.69, 9.17) is 4.74 Å². The second kappa shape index (κ2) is 9.66. The molecule has 0 unspecified atom stereocenters. The van der Waals surface area contributed by atoms with E-state index >= 15 is 0 Å². The van der Waals surface area contributed by atoms with Gasteiger partial charge in [-0.1, -0.05) is 19.9 Å². The molecule has 0 aliphatic carbocycles. The Morgan fingerprint density at radius 2 is 1.91 bits per heavy atom. The highest BCUT2D eigenvalue weighted by atomic mass is 16.5. The van der Waals surface area contributed by atoms with Gasteiger partial charge < -0.3 is 19.2 Å². The molecule has 0 saturated carbocycles. The zero-order valence-corrected chi connectivity index (χ0v) is 21.1. The first-order valence-electron chi connectivity index (χ1n) is 12.0. The number of fused-ring (bicyclic) bond motifs is 1. The summed E-state index contributed by atoms with van der Waals surface area (Å²) in [6, 6.07) is 8.58. The Bertz CT molecular complexity index is 1250. The molecule has 1 fully saturated rings. The van der Waals surface area contributed by atoms with Gasteiger partial charge in [-0.15, -0.1) is 0 Å². The summed E-state index contributed by atoms with van der Waals surface area (Å²) in [6.45, 7) is 6.79. The zero-order chi connectivity index (χ0) is 24.6. The fourth-order valence-corrected chi connectivity index (χ4v) is 5.03. The van der Waals surface area contributed by atoms with Crippen molar-refractivity contribution >= 4 is 16.8 Å². The van der Waals surface area contributed by atoms with Crippen LogP contribution in [0.4, 0.5) is 0 Å². The summed E-state index contributed by atoms with van der Waals surface area (Å²) in [5, 5.41) is 1.24. The molecule has 0 radical (unpaired) electrons. The van der Waals surface area contributed by atoms with E-state index in [1.165, 1.54) is 23.6 Å². The molecule has 182 valence electrons. The van der Waals surface area contributed by atoms with Crippen LogP contribution in [0.1, 0.15) is 49.7 Å². The Kier molecular flexibility index (Phi) is 6.84. The summed E-state index contributed by atoms with van der Waals surface area (Å²) in [5.74, 6) is 1.30. The SMILES string of the molecule is COc1cc(-c2[nH]c3ccc(C4CCN(CC(=O)N(C)C)CC4)cc3c2C(C)C)cn(C)c1=O. The van der Waals surface area contributed by atoms with E-state index in [0.717, 1.165) is 42.7 Å². The maximum absolute atomic E-state index is 12.3. The van der Waals surface area contributed by atoms with Crippen LogP contribution < -0.4 is 10.3 Å². The summed E-state index contributed by atoms with van der Waals surface area (Å²) >= 11 is 0. The van der Waals surface area contributed by atoms with Gasteiger partial charge in [-0.3, -0.25) is 14.5 Å². The molecule has 0 bridgehead atoms. The first-order valence-corrected chi connectivity index (χ1v) is 12.0. The average molecular weight is 465 g/mol. The molecule has 0 spiro atoms. The summed E-state index contributed by atoms with van der Waals surface area (Å²) in [4.78, 5) is 31.9. The number of hydrogen-bond donors (Lipinski definition) is 1. The molecule has 1 aromatic carbocycles. The minimum absolute atomic E-state index is 0.144. The maximum Gasteiger partial charge on any atom is 0.292 e. The minimum Gasteiger partial charge on any atom is -0.491 e. The fourth-order valence-electron chi connectivity index (χ4n) is 5.03. The number of piperidine rings is 1. The fraction of sp³-hybridized carbons (Fsp3) is 0.481. The largest absolute Gasteiger partial charge is 0.491 e. The highest BCUT2D eigenvalue weighted by molar-refractivity contribution is 5.92. The summed E-state index contributed by atoms with van der Waals surface area (Å²) < 4.78 is 6.91. The second-order valence-corrected chi connectivity index (χ2v) is 9.93. The van der Waals surface area contributed by atoms with Crippen LogP contribution >= 0.6 is 0 Å². The lowest BCUT2D eigenvalue weighted by atomic mass is 9.87. The van der Waals surface area contributed by atoms with E-state index in [0.29, 0.717) is 24.1 Å². The molecule has 1 aliphatic heterocycles. The number of nitrogens with one attached hydrogen (secondary N) is 1. The average Bonchev–Trinajstić information content (AvgIpc) is 3.20. The van der Waals surface area contributed by atoms with Crippen LogP contribution in [-0.2, 0) is 11.8 Å². The first kappa shape index (κ1) is 24.1. The van der Waals surface area contributed by atoms with Gasteiger partial charge in [0.2, 0.25) is 5.91 Å². The number of methoxy groups -OCH3 is 1. The van der Waals surface area contributed by atoms with Gasteiger partial charge in [0.15, 0.2) is 5.75 Å². The molecule has 3 aromatic rings. The number of aromatic amines is 1. The lowest BCUT2D eigenvalue weighted by Gasteiger charge is -2.32. The van der Waals surface area contributed by atoms with Gasteiger partial charge in [-0.25, -0.2) is 0 Å². The van der Waals surface area contributed by atoms with E-state index in [1.807, 2.05) is 26.4 Å². The van der Waals surface area contributed by atoms with Crippen molar-refractivity contribution in [1.29, 1.82) is 0 Å². The summed E-state index contributed by atoms with van der Waals surface area (Å²) in [5.41, 5.74) is 5.55. The number of rotatable bonds is 6. The quantitative estimate of drug-likeness (QED) is 0.600. The number of carbonyl (C=O) groups is 1. The topological polar surface area (TPSA) is 70.6 Å². The lowest BCUT2D eigenvalue weighted by Crippen LogP contribution is -2.40. The van der Waals surface area contributed by atoms with Crippen molar-refractivity contribution in [3.05, 3.63) is 51.9 Å². The molecule has 2 aromatic heterocycles. The number of amides is 1. The van der Waals surface area contributed by atoms with Crippen molar-refractivity contribution in [3.63, 3.8) is 0 Å². The third kappa shape index (κ3) is 4.62. The van der Waals surface area contributed by atoms with Gasteiger partial charge in [0.1, 0.15) is 0 Å². The number of pyridine rings is 1. The molecule has 4 rings (SSSR count). The Balaban J connectivity index is 1.65. The molecule has 1 amide bonds. The molecule has 1 saturated heterocycles. The predicted octanol–water partition coefficient (Wildman–Crippen LogP) is 3.93. The Morgan fingerprint density at radius 3 is 2.53 bits per heavy atom. The number of aromatic nitrogens is 2. The standard InChI is InChI=1S/C27H36N4O3/c1-17(2)25-21-13-19(18-9-11-31(12-10-18)16-24(32)29(3)4)7-8-22(21)28-26(25)20-14-23(34-6)27(33)30(5)15-20/h7-8,13-15,17-18,28H,9-12,16H2,1-6H3. The van der Waals surface area contributed by atoms with E-state index in [1.54, 1.807) is 16.5 Å². The van der Waals surface area contributed by atoms with Gasteiger partial charge in [0, 0.05) is 43.8 Å². The van der Waals surface area contributed by atoms with Crippen LogP contribution in [0.15, 0.2) is 35.3 Å². The minimum atomic E-state index is -0.144. The number of H-pyrrole nitrogens is 1. The number of likely N-dealkylation sites (N-methyl/N-ethyl adjacent to an activating group) is 1. The van der Waals surface area contributed by atoms with Crippen LogP contribution in [-0.4, -0.2) is 66.1 Å². The third-order valence-corrected chi connectivity index (χ3v) is 7.02. The monoisotopic (exact) mass is 464 g/mol. The van der Waals surface area contributed by atoms with Crippen molar-refractivity contribution in [2.75, 3.05) is 40.8 Å². The molecule has 3 heterocycles. The molecule has 1 aliphatic rings. The molecule has 1 N–H and O–H groups in total. The summed E-state index contributed by atoms with van der Waals surface area (Å²) in [6.07, 6.45) is 3.98. The van der Waals surface area contributed by atoms with Crippen LogP contribution in [0, 0.1) is 0 Å². The molecule has 0 atom stereocenters. The number of ether oxygens (including phenoxy) is 1. The second-order valence-electron chi connectivity index (χ2n) is 9.93. The van der Waals surface area contributed by atoms with Gasteiger partial charge >= 0.3 is 0 Å². The maximum atomic E-state index is 12.3. The Hall–Kier alpha value is -3.06. The number of aryl methyl sites for hydroxylation is 1. The number of hydrogen-bond acceptors (Lipinski definition) is 4. The van der Waals surface area contributed by atoms with Crippen LogP contribution in [0.3, 0.4) is 0 Å². The highest BCUT2D eigenvalue weighted by Gasteiger charge is 2.24. The van der Waals surface area contributed by atoms with Gasteiger partial charge in [0.25, 0.3) is 5.56 Å². The lowest BCUT2D eigenvalue weighted by molar-refractivity contribution is -0.130. The number of carbonyl (C=O) groups excluding carboxylic acids is 1. The van der Waals surface area contributed by atoms with Crippen LogP contribution in [0.25, 0.3) is 22.2 Å². The first-order chi connectivity index (χ1) is 16.2. The molecule has 34 heavy (non-hydrogen) atoms. The predicted molar refractivity (Wildman–Crippen MR) is 137 cm³/mol. The van der Waals surface area contributed by atoms with Gasteiger partial charge in [-0.05, 0) is 67.1 Å². The van der Waals surface area contributed by atoms with Gasteiger partial charge in [0.05, 0.1) is 19.3 Å². The number of benzene rings is 1. The normalized spacial score (nSPS) is 15.3. The van der Waals surface area contributed by atoms with Crippen LogP contribution in [0.2, 0.25) is 0 Å². The van der Waals surface area contributed by atoms with Crippen molar-refractivity contribution < 1.29 is 9.53 Å². The Labute approximate surface area is 201 Å². The third-order valence-electron chi connectivity index (χ3n) is 7.02. The van der Waals surface area contributed by atoms with Crippen LogP contribution in [0.5, 0.6) is 5.75 Å². The van der Waals surface area contributed by atoms with E-state index < -0.39 is 0 Å². The van der Waals surface area contributed by atoms with E-state index in [2.05, 4.69) is 41.9 Å². The zero-order valence-electron chi connectivity index (χ0n) is 21.1. The van der Waals surface area contributed by atoms with E-state index in [-0.39, 0.29) is 11.5 Å². The smallest absolute Gasteiger partial charge is 0.292 e. The van der Waals surface area contributed by atoms with Gasteiger partial charge in [-0.2, -0.15) is 0 Å². The molecular weight excluding hydrogens is 428 g/mol. The molecular formula is C27H36N4O3. The molecule has 7 nitrogen and oxygen atoms in total. The number of nitrogens with zero attached hydrogens (tertiary/aromatic N) is 3. The van der Waals surface area contributed by atoms with Crippen molar-refractivity contribution in [2.45, 2.75) is 38.5 Å².